The fraction of sp³-hybridized carbons (Fsp3) is 0.429. The fourth-order valence-corrected chi connectivity index (χ4v) is 1.70. The minimum absolute atomic E-state index is 0.0268. The van der Waals surface area contributed by atoms with Gasteiger partial charge in [-0.15, -0.1) is 0 Å². The fourth-order valence-electron chi connectivity index (χ4n) is 1.70. The van der Waals surface area contributed by atoms with Crippen LogP contribution in [0.2, 0.25) is 0 Å². The first-order chi connectivity index (χ1) is 9.33. The van der Waals surface area contributed by atoms with Gasteiger partial charge in [0.05, 0.1) is 17.1 Å². The molecule has 108 valence electrons. The van der Waals surface area contributed by atoms with E-state index in [1.165, 1.54) is 0 Å². The summed E-state index contributed by atoms with van der Waals surface area (Å²) in [5.74, 6) is 0.165. The van der Waals surface area contributed by atoms with E-state index in [1.54, 1.807) is 12.1 Å². The minimum atomic E-state index is -0.484. The molecule has 1 aromatic rings. The number of carbonyl (C=O) groups is 2. The van der Waals surface area contributed by atoms with Gasteiger partial charge in [-0.2, -0.15) is 0 Å². The normalized spacial score (nSPS) is 14.1. The summed E-state index contributed by atoms with van der Waals surface area (Å²) in [6.07, 6.45) is 0.712. The highest BCUT2D eigenvalue weighted by atomic mass is 16.5. The molecule has 6 heteroatoms. The molecule has 0 saturated heterocycles. The van der Waals surface area contributed by atoms with E-state index in [0.717, 1.165) is 0 Å². The van der Waals surface area contributed by atoms with Crippen molar-refractivity contribution in [2.24, 2.45) is 5.41 Å². The zero-order chi connectivity index (χ0) is 14.9. The molecule has 20 heavy (non-hydrogen) atoms. The van der Waals surface area contributed by atoms with E-state index in [2.05, 4.69) is 10.6 Å². The first-order valence-electron chi connectivity index (χ1n) is 6.51. The summed E-state index contributed by atoms with van der Waals surface area (Å²) in [4.78, 5) is 23.5. The number of anilines is 3. The van der Waals surface area contributed by atoms with Crippen LogP contribution in [0.25, 0.3) is 0 Å². The summed E-state index contributed by atoms with van der Waals surface area (Å²) in [7, 11) is 0. The number of hydrogen-bond acceptors (Lipinski definition) is 4. The highest BCUT2D eigenvalue weighted by molar-refractivity contribution is 6.01. The van der Waals surface area contributed by atoms with Crippen LogP contribution in [0.15, 0.2) is 12.1 Å². The largest absolute Gasteiger partial charge is 0.482 e. The van der Waals surface area contributed by atoms with Crippen molar-refractivity contribution in [3.05, 3.63) is 12.1 Å². The summed E-state index contributed by atoms with van der Waals surface area (Å²) in [5.41, 5.74) is 6.81. The third-order valence-electron chi connectivity index (χ3n) is 3.53. The molecule has 1 aliphatic heterocycles. The van der Waals surface area contributed by atoms with Crippen LogP contribution in [-0.4, -0.2) is 18.4 Å². The minimum Gasteiger partial charge on any atom is -0.482 e. The second-order valence-corrected chi connectivity index (χ2v) is 5.46. The van der Waals surface area contributed by atoms with E-state index >= 15 is 0 Å². The number of fused-ring (bicyclic) bond motifs is 1. The molecule has 0 fully saturated rings. The van der Waals surface area contributed by atoms with Crippen molar-refractivity contribution in [2.75, 3.05) is 23.0 Å². The van der Waals surface area contributed by atoms with Crippen LogP contribution < -0.4 is 21.1 Å². The van der Waals surface area contributed by atoms with Crippen molar-refractivity contribution < 1.29 is 14.3 Å². The molecule has 0 aliphatic carbocycles. The van der Waals surface area contributed by atoms with Gasteiger partial charge < -0.3 is 21.1 Å². The Balaban J connectivity index is 2.27. The lowest BCUT2D eigenvalue weighted by atomic mass is 9.89. The number of nitrogens with one attached hydrogen (secondary N) is 2. The Kier molecular flexibility index (Phi) is 3.57. The van der Waals surface area contributed by atoms with Crippen LogP contribution in [0.3, 0.4) is 0 Å². The highest BCUT2D eigenvalue weighted by Crippen LogP contribution is 2.36. The molecular formula is C14H19N3O3. The highest BCUT2D eigenvalue weighted by Gasteiger charge is 2.26. The Labute approximate surface area is 117 Å². The van der Waals surface area contributed by atoms with E-state index in [-0.39, 0.29) is 18.4 Å². The average molecular weight is 277 g/mol. The summed E-state index contributed by atoms with van der Waals surface area (Å²) >= 11 is 0. The second kappa shape index (κ2) is 5.03. The predicted molar refractivity (Wildman–Crippen MR) is 77.7 cm³/mol. The zero-order valence-electron chi connectivity index (χ0n) is 11.9. The molecule has 1 aliphatic rings. The van der Waals surface area contributed by atoms with Crippen molar-refractivity contribution >= 4 is 28.9 Å². The third kappa shape index (κ3) is 2.68. The maximum absolute atomic E-state index is 12.2. The molecule has 0 bridgehead atoms. The van der Waals surface area contributed by atoms with Gasteiger partial charge in [-0.1, -0.05) is 20.8 Å². The van der Waals surface area contributed by atoms with Gasteiger partial charge in [0.2, 0.25) is 5.91 Å². The molecule has 0 unspecified atom stereocenters. The number of nitrogen functional groups attached to an aromatic ring is 1. The summed E-state index contributed by atoms with van der Waals surface area (Å²) in [6.45, 7) is 5.65. The molecule has 1 heterocycles. The summed E-state index contributed by atoms with van der Waals surface area (Å²) in [5, 5.41) is 5.48. The van der Waals surface area contributed by atoms with Crippen molar-refractivity contribution in [1.82, 2.24) is 0 Å². The number of nitrogens with two attached hydrogens (primary N) is 1. The van der Waals surface area contributed by atoms with Crippen LogP contribution >= 0.6 is 0 Å². The number of benzene rings is 1. The van der Waals surface area contributed by atoms with Crippen LogP contribution in [0.1, 0.15) is 27.2 Å². The van der Waals surface area contributed by atoms with E-state index in [1.807, 2.05) is 20.8 Å². The topological polar surface area (TPSA) is 93.5 Å². The maximum Gasteiger partial charge on any atom is 0.262 e. The third-order valence-corrected chi connectivity index (χ3v) is 3.53. The van der Waals surface area contributed by atoms with Crippen LogP contribution in [-0.2, 0) is 9.59 Å². The van der Waals surface area contributed by atoms with Gasteiger partial charge in [0.25, 0.3) is 5.91 Å². The molecular weight excluding hydrogens is 258 g/mol. The molecule has 1 aromatic carbocycles. The number of ether oxygens (including phenoxy) is 1. The predicted octanol–water partition coefficient (Wildman–Crippen LogP) is 1.97. The lowest BCUT2D eigenvalue weighted by Gasteiger charge is -2.24. The van der Waals surface area contributed by atoms with E-state index in [4.69, 9.17) is 10.5 Å². The van der Waals surface area contributed by atoms with E-state index < -0.39 is 5.41 Å². The Morgan fingerprint density at radius 1 is 1.50 bits per heavy atom. The number of rotatable bonds is 3. The molecule has 0 aromatic heterocycles. The Morgan fingerprint density at radius 3 is 2.85 bits per heavy atom. The number of amides is 2. The number of carbonyl (C=O) groups excluding carboxylic acids is 2. The van der Waals surface area contributed by atoms with Crippen molar-refractivity contribution in [1.29, 1.82) is 0 Å². The monoisotopic (exact) mass is 277 g/mol. The van der Waals surface area contributed by atoms with Gasteiger partial charge in [-0.05, 0) is 12.5 Å². The quantitative estimate of drug-likeness (QED) is 0.736. The van der Waals surface area contributed by atoms with Crippen molar-refractivity contribution in [2.45, 2.75) is 27.2 Å². The van der Waals surface area contributed by atoms with Gasteiger partial charge >= 0.3 is 0 Å². The molecule has 4 N–H and O–H groups in total. The Morgan fingerprint density at radius 2 is 2.20 bits per heavy atom. The lowest BCUT2D eigenvalue weighted by Crippen LogP contribution is -2.30. The first kappa shape index (κ1) is 14.2. The van der Waals surface area contributed by atoms with Crippen LogP contribution in [0.5, 0.6) is 5.75 Å². The summed E-state index contributed by atoms with van der Waals surface area (Å²) in [6, 6.07) is 3.22. The van der Waals surface area contributed by atoms with E-state index in [9.17, 15) is 9.59 Å². The van der Waals surface area contributed by atoms with E-state index in [0.29, 0.717) is 29.2 Å². The van der Waals surface area contributed by atoms with Crippen LogP contribution in [0, 0.1) is 5.41 Å². The SMILES string of the molecule is CCC(C)(C)C(=O)Nc1cc2c(cc1N)OCC(=O)N2. The van der Waals surface area contributed by atoms with Gasteiger partial charge in [-0.25, -0.2) is 0 Å². The smallest absolute Gasteiger partial charge is 0.262 e. The van der Waals surface area contributed by atoms with Crippen molar-refractivity contribution in [3.8, 4) is 5.75 Å². The maximum atomic E-state index is 12.2. The lowest BCUT2D eigenvalue weighted by molar-refractivity contribution is -0.124. The molecule has 2 rings (SSSR count). The van der Waals surface area contributed by atoms with Gasteiger partial charge in [0, 0.05) is 11.5 Å². The molecule has 0 atom stereocenters. The average Bonchev–Trinajstić information content (AvgIpc) is 2.40. The van der Waals surface area contributed by atoms with Gasteiger partial charge in [0.1, 0.15) is 5.75 Å². The first-order valence-corrected chi connectivity index (χ1v) is 6.51. The zero-order valence-corrected chi connectivity index (χ0v) is 11.9. The molecule has 0 saturated carbocycles. The molecule has 6 nitrogen and oxygen atoms in total. The molecule has 0 radical (unpaired) electrons. The standard InChI is InChI=1S/C14H19N3O3/c1-4-14(2,3)13(19)17-9-6-10-11(5-8(9)15)20-7-12(18)16-10/h5-6H,4,7,15H2,1-3H3,(H,16,18)(H,17,19). The van der Waals surface area contributed by atoms with Crippen LogP contribution in [0.4, 0.5) is 17.1 Å². The van der Waals surface area contributed by atoms with Crippen molar-refractivity contribution in [3.63, 3.8) is 0 Å². The Hall–Kier alpha value is -2.24. The second-order valence-electron chi connectivity index (χ2n) is 5.46. The number of hydrogen-bond donors (Lipinski definition) is 3. The molecule has 2 amide bonds. The summed E-state index contributed by atoms with van der Waals surface area (Å²) < 4.78 is 5.26. The Bertz CT molecular complexity index is 567. The molecule has 0 spiro atoms. The van der Waals surface area contributed by atoms with Gasteiger partial charge in [-0.3, -0.25) is 9.59 Å². The van der Waals surface area contributed by atoms with Gasteiger partial charge in [0.15, 0.2) is 6.61 Å².